The van der Waals surface area contributed by atoms with Crippen LogP contribution in [0.3, 0.4) is 0 Å². The minimum atomic E-state index is -0.991. The summed E-state index contributed by atoms with van der Waals surface area (Å²) in [6, 6.07) is 2.99. The highest BCUT2D eigenvalue weighted by molar-refractivity contribution is 5.89. The molecule has 0 spiro atoms. The van der Waals surface area contributed by atoms with Crippen molar-refractivity contribution in [3.8, 4) is 11.5 Å². The third-order valence-electron chi connectivity index (χ3n) is 2.08. The average molecular weight is 210 g/mol. The van der Waals surface area contributed by atoms with Crippen molar-refractivity contribution >= 4 is 5.97 Å². The van der Waals surface area contributed by atoms with E-state index in [2.05, 4.69) is 0 Å². The molecule has 0 bridgehead atoms. The first-order valence-corrected chi connectivity index (χ1v) is 4.64. The largest absolute Gasteiger partial charge is 0.496 e. The Morgan fingerprint density at radius 2 is 2.00 bits per heavy atom. The molecule has 15 heavy (non-hydrogen) atoms. The predicted molar refractivity (Wildman–Crippen MR) is 55.9 cm³/mol. The fourth-order valence-corrected chi connectivity index (χ4v) is 1.30. The van der Waals surface area contributed by atoms with Crippen LogP contribution in [0, 0.1) is 6.92 Å². The van der Waals surface area contributed by atoms with Crippen molar-refractivity contribution in [1.82, 2.24) is 0 Å². The standard InChI is InChI=1S/C11H14O4/c1-4-15-10-6-8(11(12)13)5-9(14-3)7(10)2/h5-6H,4H2,1-3H3,(H,12,13). The van der Waals surface area contributed by atoms with Crippen LogP contribution in [-0.2, 0) is 0 Å². The maximum atomic E-state index is 10.8. The lowest BCUT2D eigenvalue weighted by Crippen LogP contribution is -2.02. The van der Waals surface area contributed by atoms with Crippen LogP contribution >= 0.6 is 0 Å². The van der Waals surface area contributed by atoms with Crippen LogP contribution in [0.25, 0.3) is 0 Å². The molecular weight excluding hydrogens is 196 g/mol. The Morgan fingerprint density at radius 1 is 1.40 bits per heavy atom. The molecule has 4 nitrogen and oxygen atoms in total. The zero-order chi connectivity index (χ0) is 11.4. The number of hydrogen-bond donors (Lipinski definition) is 1. The van der Waals surface area contributed by atoms with Crippen molar-refractivity contribution in [2.24, 2.45) is 0 Å². The van der Waals surface area contributed by atoms with Gasteiger partial charge in [0.25, 0.3) is 0 Å². The van der Waals surface area contributed by atoms with Gasteiger partial charge in [0.2, 0.25) is 0 Å². The monoisotopic (exact) mass is 210 g/mol. The number of hydrogen-bond acceptors (Lipinski definition) is 3. The maximum absolute atomic E-state index is 10.8. The lowest BCUT2D eigenvalue weighted by atomic mass is 10.1. The number of carbonyl (C=O) groups is 1. The fourth-order valence-electron chi connectivity index (χ4n) is 1.30. The molecule has 1 aromatic carbocycles. The van der Waals surface area contributed by atoms with Crippen molar-refractivity contribution in [1.29, 1.82) is 0 Å². The van der Waals surface area contributed by atoms with E-state index in [9.17, 15) is 4.79 Å². The zero-order valence-corrected chi connectivity index (χ0v) is 9.03. The third kappa shape index (κ3) is 2.40. The number of carboxylic acid groups (broad SMARTS) is 1. The van der Waals surface area contributed by atoms with E-state index in [0.717, 1.165) is 5.56 Å². The van der Waals surface area contributed by atoms with Gasteiger partial charge in [-0.2, -0.15) is 0 Å². The lowest BCUT2D eigenvalue weighted by molar-refractivity contribution is 0.0696. The number of ether oxygens (including phenoxy) is 2. The number of rotatable bonds is 4. The molecule has 0 aliphatic heterocycles. The van der Waals surface area contributed by atoms with E-state index in [1.54, 1.807) is 0 Å². The van der Waals surface area contributed by atoms with Crippen LogP contribution in [-0.4, -0.2) is 24.8 Å². The third-order valence-corrected chi connectivity index (χ3v) is 2.08. The number of carboxylic acids is 1. The molecule has 0 radical (unpaired) electrons. The molecule has 0 aliphatic rings. The first-order chi connectivity index (χ1) is 7.10. The molecule has 82 valence electrons. The van der Waals surface area contributed by atoms with Crippen molar-refractivity contribution in [2.45, 2.75) is 13.8 Å². The molecule has 1 aromatic rings. The Morgan fingerprint density at radius 3 is 2.47 bits per heavy atom. The van der Waals surface area contributed by atoms with E-state index >= 15 is 0 Å². The Hall–Kier alpha value is -1.71. The summed E-state index contributed by atoms with van der Waals surface area (Å²) < 4.78 is 10.4. The van der Waals surface area contributed by atoms with E-state index in [1.165, 1.54) is 19.2 Å². The quantitative estimate of drug-likeness (QED) is 0.826. The molecule has 0 saturated carbocycles. The summed E-state index contributed by atoms with van der Waals surface area (Å²) in [6.07, 6.45) is 0. The van der Waals surface area contributed by atoms with Gasteiger partial charge in [-0.1, -0.05) is 0 Å². The van der Waals surface area contributed by atoms with Crippen LogP contribution in [0.15, 0.2) is 12.1 Å². The molecular formula is C11H14O4. The molecule has 0 atom stereocenters. The first kappa shape index (κ1) is 11.4. The van der Waals surface area contributed by atoms with Gasteiger partial charge in [-0.05, 0) is 26.0 Å². The van der Waals surface area contributed by atoms with Crippen LogP contribution < -0.4 is 9.47 Å². The zero-order valence-electron chi connectivity index (χ0n) is 9.03. The van der Waals surface area contributed by atoms with Gasteiger partial charge in [0.05, 0.1) is 19.3 Å². The Bertz CT molecular complexity index is 371. The summed E-state index contributed by atoms with van der Waals surface area (Å²) >= 11 is 0. The second-order valence-electron chi connectivity index (χ2n) is 3.04. The van der Waals surface area contributed by atoms with Crippen LogP contribution in [0.2, 0.25) is 0 Å². The average Bonchev–Trinajstić information content (AvgIpc) is 2.21. The number of aromatic carboxylic acids is 1. The normalized spacial score (nSPS) is 9.80. The molecule has 0 unspecified atom stereocenters. The van der Waals surface area contributed by atoms with E-state index in [4.69, 9.17) is 14.6 Å². The minimum Gasteiger partial charge on any atom is -0.496 e. The van der Waals surface area contributed by atoms with Crippen molar-refractivity contribution in [2.75, 3.05) is 13.7 Å². The minimum absolute atomic E-state index is 0.168. The van der Waals surface area contributed by atoms with E-state index in [-0.39, 0.29) is 5.56 Å². The second-order valence-corrected chi connectivity index (χ2v) is 3.04. The van der Waals surface area contributed by atoms with E-state index in [1.807, 2.05) is 13.8 Å². The van der Waals surface area contributed by atoms with Gasteiger partial charge in [0.1, 0.15) is 11.5 Å². The topological polar surface area (TPSA) is 55.8 Å². The Kier molecular flexibility index (Phi) is 3.55. The smallest absolute Gasteiger partial charge is 0.335 e. The number of benzene rings is 1. The van der Waals surface area contributed by atoms with Gasteiger partial charge >= 0.3 is 5.97 Å². The highest BCUT2D eigenvalue weighted by Gasteiger charge is 2.12. The molecule has 1 N–H and O–H groups in total. The fraction of sp³-hybridized carbons (Fsp3) is 0.364. The molecule has 0 heterocycles. The van der Waals surface area contributed by atoms with Gasteiger partial charge in [-0.25, -0.2) is 4.79 Å². The highest BCUT2D eigenvalue weighted by atomic mass is 16.5. The van der Waals surface area contributed by atoms with E-state index in [0.29, 0.717) is 18.1 Å². The summed E-state index contributed by atoms with van der Waals surface area (Å²) in [5.74, 6) is 0.0850. The van der Waals surface area contributed by atoms with Gasteiger partial charge < -0.3 is 14.6 Å². The number of methoxy groups -OCH3 is 1. The van der Waals surface area contributed by atoms with Gasteiger partial charge in [-0.15, -0.1) is 0 Å². The highest BCUT2D eigenvalue weighted by Crippen LogP contribution is 2.29. The van der Waals surface area contributed by atoms with Crippen LogP contribution in [0.4, 0.5) is 0 Å². The van der Waals surface area contributed by atoms with Crippen molar-refractivity contribution in [3.05, 3.63) is 23.3 Å². The molecule has 0 amide bonds. The second kappa shape index (κ2) is 4.68. The maximum Gasteiger partial charge on any atom is 0.335 e. The van der Waals surface area contributed by atoms with Gasteiger partial charge in [0.15, 0.2) is 0 Å². The van der Waals surface area contributed by atoms with Crippen LogP contribution in [0.5, 0.6) is 11.5 Å². The summed E-state index contributed by atoms with van der Waals surface area (Å²) in [5, 5.41) is 8.88. The molecule has 1 rings (SSSR count). The van der Waals surface area contributed by atoms with E-state index < -0.39 is 5.97 Å². The van der Waals surface area contributed by atoms with Crippen molar-refractivity contribution < 1.29 is 19.4 Å². The lowest BCUT2D eigenvalue weighted by Gasteiger charge is -2.12. The Labute approximate surface area is 88.4 Å². The molecule has 0 aliphatic carbocycles. The summed E-state index contributed by atoms with van der Waals surface area (Å²) in [5.41, 5.74) is 0.977. The molecule has 4 heteroatoms. The predicted octanol–water partition coefficient (Wildman–Crippen LogP) is 2.10. The summed E-state index contributed by atoms with van der Waals surface area (Å²) in [6.45, 7) is 4.17. The first-order valence-electron chi connectivity index (χ1n) is 4.64. The molecule has 0 fully saturated rings. The van der Waals surface area contributed by atoms with Crippen molar-refractivity contribution in [3.63, 3.8) is 0 Å². The summed E-state index contributed by atoms with van der Waals surface area (Å²) in [7, 11) is 1.50. The Balaban J connectivity index is 3.25. The SMILES string of the molecule is CCOc1cc(C(=O)O)cc(OC)c1C. The molecule has 0 aromatic heterocycles. The molecule has 0 saturated heterocycles. The van der Waals surface area contributed by atoms with Gasteiger partial charge in [-0.3, -0.25) is 0 Å². The van der Waals surface area contributed by atoms with Crippen LogP contribution in [0.1, 0.15) is 22.8 Å². The van der Waals surface area contributed by atoms with Gasteiger partial charge in [0, 0.05) is 5.56 Å². The summed E-state index contributed by atoms with van der Waals surface area (Å²) in [4.78, 5) is 10.8.